The maximum Gasteiger partial charge on any atom is 0.181 e. The number of hydrogen-bond acceptors (Lipinski definition) is 5. The second-order valence-corrected chi connectivity index (χ2v) is 5.95. The predicted molar refractivity (Wildman–Crippen MR) is 70.6 cm³/mol. The highest BCUT2D eigenvalue weighted by Crippen LogP contribution is 2.30. The molecule has 0 bridgehead atoms. The van der Waals surface area contributed by atoms with Crippen molar-refractivity contribution in [2.45, 2.75) is 38.5 Å². The van der Waals surface area contributed by atoms with Crippen molar-refractivity contribution in [3.63, 3.8) is 0 Å². The van der Waals surface area contributed by atoms with E-state index < -0.39 is 0 Å². The van der Waals surface area contributed by atoms with Crippen LogP contribution in [0.4, 0.5) is 0 Å². The van der Waals surface area contributed by atoms with Gasteiger partial charge in [0.05, 0.1) is 30.5 Å². The summed E-state index contributed by atoms with van der Waals surface area (Å²) in [6.07, 6.45) is 3.20. The van der Waals surface area contributed by atoms with Crippen molar-refractivity contribution in [1.82, 2.24) is 9.88 Å². The molecule has 1 aromatic heterocycles. The molecule has 100 valence electrons. The van der Waals surface area contributed by atoms with Crippen LogP contribution >= 0.6 is 11.3 Å². The first kappa shape index (κ1) is 12.5. The molecule has 18 heavy (non-hydrogen) atoms. The summed E-state index contributed by atoms with van der Waals surface area (Å²) in [5.74, 6) is -0.318. The number of hydrogen-bond donors (Lipinski definition) is 0. The normalized spacial score (nSPS) is 23.8. The summed E-state index contributed by atoms with van der Waals surface area (Å²) in [7, 11) is 0. The maximum absolute atomic E-state index is 5.79. The van der Waals surface area contributed by atoms with Crippen LogP contribution < -0.4 is 0 Å². The molecule has 0 unspecified atom stereocenters. The Morgan fingerprint density at radius 1 is 1.44 bits per heavy atom. The van der Waals surface area contributed by atoms with Gasteiger partial charge in [0.15, 0.2) is 5.79 Å². The zero-order valence-electron chi connectivity index (χ0n) is 10.9. The summed E-state index contributed by atoms with van der Waals surface area (Å²) >= 11 is 1.76. The molecule has 2 aliphatic rings. The van der Waals surface area contributed by atoms with Crippen LogP contribution in [0, 0.1) is 0 Å². The van der Waals surface area contributed by atoms with Gasteiger partial charge >= 0.3 is 0 Å². The van der Waals surface area contributed by atoms with Crippen LogP contribution in [0.2, 0.25) is 0 Å². The third-order valence-corrected chi connectivity index (χ3v) is 4.64. The lowest BCUT2D eigenvalue weighted by molar-refractivity contribution is -0.190. The fourth-order valence-corrected chi connectivity index (χ4v) is 3.49. The molecular formula is C13H20N2O2S. The summed E-state index contributed by atoms with van der Waals surface area (Å²) in [4.78, 5) is 7.04. The Kier molecular flexibility index (Phi) is 3.66. The standard InChI is InChI=1S/C13H20N2O2S/c1-2-12-14-11(9-18-12)8-15-5-3-4-13(10-15)16-6-7-17-13/h9H,2-8,10H2,1H3. The van der Waals surface area contributed by atoms with Crippen molar-refractivity contribution >= 4 is 11.3 Å². The Hall–Kier alpha value is -0.490. The minimum Gasteiger partial charge on any atom is -0.346 e. The van der Waals surface area contributed by atoms with Gasteiger partial charge in [-0.25, -0.2) is 4.98 Å². The molecule has 0 radical (unpaired) electrons. The van der Waals surface area contributed by atoms with E-state index >= 15 is 0 Å². The zero-order valence-corrected chi connectivity index (χ0v) is 11.7. The lowest BCUT2D eigenvalue weighted by atomic mass is 10.0. The Balaban J connectivity index is 1.62. The number of likely N-dealkylation sites (tertiary alicyclic amines) is 1. The fourth-order valence-electron chi connectivity index (χ4n) is 2.75. The number of rotatable bonds is 3. The molecule has 2 fully saturated rings. The summed E-state index contributed by atoms with van der Waals surface area (Å²) in [6, 6.07) is 0. The number of thiazole rings is 1. The Labute approximate surface area is 112 Å². The SMILES string of the molecule is CCc1nc(CN2CCCC3(C2)OCCO3)cs1. The molecular weight excluding hydrogens is 248 g/mol. The van der Waals surface area contributed by atoms with Gasteiger partial charge in [-0.15, -0.1) is 11.3 Å². The number of aromatic nitrogens is 1. The van der Waals surface area contributed by atoms with E-state index in [-0.39, 0.29) is 5.79 Å². The zero-order chi connectivity index (χ0) is 12.4. The van der Waals surface area contributed by atoms with Crippen molar-refractivity contribution in [3.8, 4) is 0 Å². The van der Waals surface area contributed by atoms with Crippen molar-refractivity contribution in [3.05, 3.63) is 16.1 Å². The van der Waals surface area contributed by atoms with Gasteiger partial charge in [0, 0.05) is 18.3 Å². The van der Waals surface area contributed by atoms with E-state index in [1.165, 1.54) is 10.7 Å². The van der Waals surface area contributed by atoms with E-state index in [0.717, 1.165) is 52.1 Å². The van der Waals surface area contributed by atoms with Gasteiger partial charge in [-0.05, 0) is 19.4 Å². The molecule has 2 saturated heterocycles. The molecule has 3 heterocycles. The quantitative estimate of drug-likeness (QED) is 0.840. The first-order valence-electron chi connectivity index (χ1n) is 6.73. The fraction of sp³-hybridized carbons (Fsp3) is 0.769. The molecule has 0 aliphatic carbocycles. The minimum atomic E-state index is -0.318. The average molecular weight is 268 g/mol. The number of piperidine rings is 1. The summed E-state index contributed by atoms with van der Waals surface area (Å²) < 4.78 is 11.6. The molecule has 3 rings (SSSR count). The van der Waals surface area contributed by atoms with Crippen LogP contribution in [0.5, 0.6) is 0 Å². The predicted octanol–water partition coefficient (Wildman–Crippen LogP) is 2.04. The third kappa shape index (κ3) is 2.59. The van der Waals surface area contributed by atoms with Gasteiger partial charge < -0.3 is 9.47 Å². The molecule has 1 spiro atoms. The van der Waals surface area contributed by atoms with E-state index in [1.54, 1.807) is 11.3 Å². The highest BCUT2D eigenvalue weighted by Gasteiger charge is 2.40. The summed E-state index contributed by atoms with van der Waals surface area (Å²) in [5.41, 5.74) is 1.19. The van der Waals surface area contributed by atoms with Crippen molar-refractivity contribution < 1.29 is 9.47 Å². The van der Waals surface area contributed by atoms with Crippen LogP contribution in [0.25, 0.3) is 0 Å². The van der Waals surface area contributed by atoms with Crippen molar-refractivity contribution in [2.75, 3.05) is 26.3 Å². The number of aryl methyl sites for hydroxylation is 1. The molecule has 0 amide bonds. The van der Waals surface area contributed by atoms with E-state index in [9.17, 15) is 0 Å². The second kappa shape index (κ2) is 5.25. The second-order valence-electron chi connectivity index (χ2n) is 5.01. The van der Waals surface area contributed by atoms with Gasteiger partial charge in [0.2, 0.25) is 0 Å². The molecule has 2 aliphatic heterocycles. The monoisotopic (exact) mass is 268 g/mol. The van der Waals surface area contributed by atoms with Gasteiger partial charge in [0.1, 0.15) is 0 Å². The molecule has 0 atom stereocenters. The van der Waals surface area contributed by atoms with Gasteiger partial charge in [-0.1, -0.05) is 6.92 Å². The Morgan fingerprint density at radius 3 is 3.00 bits per heavy atom. The highest BCUT2D eigenvalue weighted by molar-refractivity contribution is 7.09. The molecule has 4 nitrogen and oxygen atoms in total. The molecule has 1 aromatic rings. The smallest absolute Gasteiger partial charge is 0.181 e. The van der Waals surface area contributed by atoms with Gasteiger partial charge in [-0.3, -0.25) is 4.90 Å². The van der Waals surface area contributed by atoms with Gasteiger partial charge in [0.25, 0.3) is 0 Å². The van der Waals surface area contributed by atoms with E-state index in [2.05, 4.69) is 22.2 Å². The molecule has 5 heteroatoms. The lowest BCUT2D eigenvalue weighted by Gasteiger charge is -2.38. The first-order valence-corrected chi connectivity index (χ1v) is 7.61. The van der Waals surface area contributed by atoms with Crippen LogP contribution in [-0.4, -0.2) is 42.0 Å². The number of ether oxygens (including phenoxy) is 2. The van der Waals surface area contributed by atoms with Crippen LogP contribution in [0.1, 0.15) is 30.5 Å². The largest absolute Gasteiger partial charge is 0.346 e. The maximum atomic E-state index is 5.79. The topological polar surface area (TPSA) is 34.6 Å². The van der Waals surface area contributed by atoms with E-state index in [1.807, 2.05) is 0 Å². The van der Waals surface area contributed by atoms with Crippen molar-refractivity contribution in [1.29, 1.82) is 0 Å². The van der Waals surface area contributed by atoms with E-state index in [0.29, 0.717) is 0 Å². The van der Waals surface area contributed by atoms with Gasteiger partial charge in [-0.2, -0.15) is 0 Å². The third-order valence-electron chi connectivity index (χ3n) is 3.60. The number of nitrogens with zero attached hydrogens (tertiary/aromatic N) is 2. The van der Waals surface area contributed by atoms with Crippen LogP contribution in [0.15, 0.2) is 5.38 Å². The summed E-state index contributed by atoms with van der Waals surface area (Å²) in [5, 5.41) is 3.40. The van der Waals surface area contributed by atoms with E-state index in [4.69, 9.17) is 9.47 Å². The Bertz CT molecular complexity index is 401. The highest BCUT2D eigenvalue weighted by atomic mass is 32.1. The Morgan fingerprint density at radius 2 is 2.28 bits per heavy atom. The molecule has 0 N–H and O–H groups in total. The van der Waals surface area contributed by atoms with Crippen LogP contribution in [-0.2, 0) is 22.4 Å². The van der Waals surface area contributed by atoms with Crippen molar-refractivity contribution in [2.24, 2.45) is 0 Å². The van der Waals surface area contributed by atoms with Crippen LogP contribution in [0.3, 0.4) is 0 Å². The molecule has 0 saturated carbocycles. The minimum absolute atomic E-state index is 0.318. The molecule has 0 aromatic carbocycles. The first-order chi connectivity index (χ1) is 8.80. The lowest BCUT2D eigenvalue weighted by Crippen LogP contribution is -2.48. The summed E-state index contributed by atoms with van der Waals surface area (Å²) in [6.45, 7) is 6.55. The average Bonchev–Trinajstić information content (AvgIpc) is 2.99.